The van der Waals surface area contributed by atoms with E-state index in [1.54, 1.807) is 0 Å². The fourth-order valence-corrected chi connectivity index (χ4v) is 2.76. The first-order valence-corrected chi connectivity index (χ1v) is 6.07. The summed E-state index contributed by atoms with van der Waals surface area (Å²) in [6, 6.07) is 10.5. The van der Waals surface area contributed by atoms with Gasteiger partial charge in [-0.1, -0.05) is 49.6 Å². The minimum atomic E-state index is 0.300. The molecule has 0 unspecified atom stereocenters. The number of aliphatic hydroxyl groups is 1. The molecule has 0 amide bonds. The van der Waals surface area contributed by atoms with Gasteiger partial charge in [-0.3, -0.25) is 0 Å². The minimum absolute atomic E-state index is 0.300. The van der Waals surface area contributed by atoms with E-state index in [9.17, 15) is 5.11 Å². The van der Waals surface area contributed by atoms with E-state index in [2.05, 4.69) is 24.3 Å². The largest absolute Gasteiger partial charge is 0.396 e. The maximum atomic E-state index is 9.53. The quantitative estimate of drug-likeness (QED) is 0.800. The summed E-state index contributed by atoms with van der Waals surface area (Å²) in [5, 5.41) is 9.53. The molecule has 15 heavy (non-hydrogen) atoms. The Morgan fingerprint density at radius 2 is 1.73 bits per heavy atom. The van der Waals surface area contributed by atoms with Gasteiger partial charge in [-0.2, -0.15) is 0 Å². The van der Waals surface area contributed by atoms with Crippen LogP contribution in [0, 0.1) is 5.92 Å². The molecule has 1 atom stereocenters. The van der Waals surface area contributed by atoms with Gasteiger partial charge in [-0.15, -0.1) is 0 Å². The molecule has 2 rings (SSSR count). The van der Waals surface area contributed by atoms with E-state index in [1.165, 1.54) is 37.7 Å². The first-order valence-electron chi connectivity index (χ1n) is 6.07. The van der Waals surface area contributed by atoms with Crippen LogP contribution in [0.15, 0.2) is 30.3 Å². The predicted octanol–water partition coefficient (Wildman–Crippen LogP) is 3.34. The molecule has 1 aliphatic carbocycles. The summed E-state index contributed by atoms with van der Waals surface area (Å²) in [5.74, 6) is 1.07. The van der Waals surface area contributed by atoms with Gasteiger partial charge in [-0.25, -0.2) is 0 Å². The van der Waals surface area contributed by atoms with Gasteiger partial charge in [0.1, 0.15) is 0 Å². The molecule has 82 valence electrons. The zero-order valence-electron chi connectivity index (χ0n) is 9.23. The van der Waals surface area contributed by atoms with Crippen LogP contribution in [0.5, 0.6) is 0 Å². The second kappa shape index (κ2) is 5.32. The van der Waals surface area contributed by atoms with Crippen LogP contribution in [0.2, 0.25) is 0 Å². The highest BCUT2D eigenvalue weighted by atomic mass is 16.3. The monoisotopic (exact) mass is 204 g/mol. The standard InChI is InChI=1S/C14H20O/c15-11-14(12-7-3-1-4-8-12)13-9-5-2-6-10-13/h1,3-4,7-8,13-15H,2,5-6,9-11H2/t14-/m0/s1. The number of benzene rings is 1. The molecular weight excluding hydrogens is 184 g/mol. The molecule has 0 saturated heterocycles. The third kappa shape index (κ3) is 2.60. The van der Waals surface area contributed by atoms with E-state index < -0.39 is 0 Å². The van der Waals surface area contributed by atoms with Crippen molar-refractivity contribution < 1.29 is 5.11 Å². The highest BCUT2D eigenvalue weighted by Gasteiger charge is 2.23. The molecule has 1 N–H and O–H groups in total. The first kappa shape index (κ1) is 10.7. The maximum absolute atomic E-state index is 9.53. The van der Waals surface area contributed by atoms with Crippen LogP contribution in [0.4, 0.5) is 0 Å². The summed E-state index contributed by atoms with van der Waals surface area (Å²) in [5.41, 5.74) is 1.31. The van der Waals surface area contributed by atoms with Gasteiger partial charge in [0.15, 0.2) is 0 Å². The third-order valence-corrected chi connectivity index (χ3v) is 3.64. The Hall–Kier alpha value is -0.820. The lowest BCUT2D eigenvalue weighted by atomic mass is 9.77. The first-order chi connectivity index (χ1) is 7.42. The Bertz CT molecular complexity index is 275. The molecule has 1 heteroatoms. The Kier molecular flexibility index (Phi) is 3.79. The maximum Gasteiger partial charge on any atom is 0.0502 e. The van der Waals surface area contributed by atoms with Crippen LogP contribution in [0.3, 0.4) is 0 Å². The summed E-state index contributed by atoms with van der Waals surface area (Å²) in [6.07, 6.45) is 6.64. The molecule has 1 aliphatic rings. The third-order valence-electron chi connectivity index (χ3n) is 3.64. The van der Waals surface area contributed by atoms with Gasteiger partial charge in [0.25, 0.3) is 0 Å². The van der Waals surface area contributed by atoms with Crippen LogP contribution >= 0.6 is 0 Å². The molecule has 0 bridgehead atoms. The predicted molar refractivity (Wildman–Crippen MR) is 62.8 cm³/mol. The fraction of sp³-hybridized carbons (Fsp3) is 0.571. The van der Waals surface area contributed by atoms with E-state index in [-0.39, 0.29) is 0 Å². The average molecular weight is 204 g/mol. The molecule has 1 fully saturated rings. The minimum Gasteiger partial charge on any atom is -0.396 e. The van der Waals surface area contributed by atoms with Crippen molar-refractivity contribution in [3.63, 3.8) is 0 Å². The van der Waals surface area contributed by atoms with E-state index in [0.29, 0.717) is 18.4 Å². The Labute approximate surface area is 92.1 Å². The Morgan fingerprint density at radius 1 is 1.07 bits per heavy atom. The highest BCUT2D eigenvalue weighted by Crippen LogP contribution is 2.35. The van der Waals surface area contributed by atoms with Crippen molar-refractivity contribution >= 4 is 0 Å². The lowest BCUT2D eigenvalue weighted by molar-refractivity contribution is 0.196. The number of aliphatic hydroxyl groups excluding tert-OH is 1. The van der Waals surface area contributed by atoms with Crippen LogP contribution in [-0.2, 0) is 0 Å². The van der Waals surface area contributed by atoms with Crippen molar-refractivity contribution in [3.05, 3.63) is 35.9 Å². The summed E-state index contributed by atoms with van der Waals surface area (Å²) < 4.78 is 0. The van der Waals surface area contributed by atoms with Gasteiger partial charge in [0, 0.05) is 5.92 Å². The molecule has 1 aromatic rings. The van der Waals surface area contributed by atoms with Crippen LogP contribution in [0.1, 0.15) is 43.6 Å². The molecule has 0 aliphatic heterocycles. The van der Waals surface area contributed by atoms with Crippen molar-refractivity contribution in [1.82, 2.24) is 0 Å². The van der Waals surface area contributed by atoms with Gasteiger partial charge in [0.05, 0.1) is 6.61 Å². The van der Waals surface area contributed by atoms with Crippen molar-refractivity contribution in [2.75, 3.05) is 6.61 Å². The number of rotatable bonds is 3. The Balaban J connectivity index is 2.09. The Morgan fingerprint density at radius 3 is 2.33 bits per heavy atom. The summed E-state index contributed by atoms with van der Waals surface area (Å²) >= 11 is 0. The smallest absolute Gasteiger partial charge is 0.0502 e. The molecule has 0 heterocycles. The van der Waals surface area contributed by atoms with E-state index in [1.807, 2.05) is 6.07 Å². The number of hydrogen-bond donors (Lipinski definition) is 1. The van der Waals surface area contributed by atoms with Crippen molar-refractivity contribution in [1.29, 1.82) is 0 Å². The fourth-order valence-electron chi connectivity index (χ4n) is 2.76. The average Bonchev–Trinajstić information content (AvgIpc) is 2.33. The highest BCUT2D eigenvalue weighted by molar-refractivity contribution is 5.20. The molecule has 1 aromatic carbocycles. The van der Waals surface area contributed by atoms with Gasteiger partial charge >= 0.3 is 0 Å². The molecule has 0 aromatic heterocycles. The van der Waals surface area contributed by atoms with E-state index >= 15 is 0 Å². The van der Waals surface area contributed by atoms with Crippen molar-refractivity contribution in [2.24, 2.45) is 5.92 Å². The number of hydrogen-bond acceptors (Lipinski definition) is 1. The molecule has 0 spiro atoms. The molecule has 0 radical (unpaired) electrons. The van der Waals surface area contributed by atoms with Crippen LogP contribution in [0.25, 0.3) is 0 Å². The van der Waals surface area contributed by atoms with E-state index in [0.717, 1.165) is 0 Å². The van der Waals surface area contributed by atoms with Crippen LogP contribution in [-0.4, -0.2) is 11.7 Å². The zero-order valence-corrected chi connectivity index (χ0v) is 9.23. The van der Waals surface area contributed by atoms with Gasteiger partial charge < -0.3 is 5.11 Å². The normalized spacial score (nSPS) is 20.1. The molecule has 1 nitrogen and oxygen atoms in total. The molecular formula is C14H20O. The van der Waals surface area contributed by atoms with Gasteiger partial charge in [0.2, 0.25) is 0 Å². The van der Waals surface area contributed by atoms with Crippen molar-refractivity contribution in [2.45, 2.75) is 38.0 Å². The second-order valence-electron chi connectivity index (χ2n) is 4.60. The van der Waals surface area contributed by atoms with E-state index in [4.69, 9.17) is 0 Å². The van der Waals surface area contributed by atoms with Crippen LogP contribution < -0.4 is 0 Å². The topological polar surface area (TPSA) is 20.2 Å². The SMILES string of the molecule is OC[C@@H](c1ccccc1)C1CCCCC1. The lowest BCUT2D eigenvalue weighted by Gasteiger charge is -2.29. The lowest BCUT2D eigenvalue weighted by Crippen LogP contribution is -2.19. The van der Waals surface area contributed by atoms with Crippen molar-refractivity contribution in [3.8, 4) is 0 Å². The summed E-state index contributed by atoms with van der Waals surface area (Å²) in [6.45, 7) is 0.300. The molecule has 1 saturated carbocycles. The van der Waals surface area contributed by atoms with Gasteiger partial charge in [-0.05, 0) is 24.3 Å². The zero-order chi connectivity index (χ0) is 10.5. The summed E-state index contributed by atoms with van der Waals surface area (Å²) in [4.78, 5) is 0. The second-order valence-corrected chi connectivity index (χ2v) is 4.60. The summed E-state index contributed by atoms with van der Waals surface area (Å²) in [7, 11) is 0.